The van der Waals surface area contributed by atoms with Gasteiger partial charge in [0.05, 0.1) is 18.9 Å². The Hall–Kier alpha value is -0.660. The van der Waals surface area contributed by atoms with E-state index in [0.29, 0.717) is 6.42 Å². The molecule has 0 aromatic heterocycles. The number of unbranched alkanes of at least 4 members (excludes halogenated alkanes) is 1. The Morgan fingerprint density at radius 1 is 1.47 bits per heavy atom. The molecule has 0 heterocycles. The molecule has 0 atom stereocenters. The molecule has 0 rings (SSSR count). The zero-order chi connectivity index (χ0) is 11.9. The molecule has 0 aliphatic carbocycles. The standard InChI is InChI=1S/C8H18N2O4S/c1-2-3-4-10(7-8(9)12)15(13,14)6-5-11/h11H,2-7H2,1H3,(H2,9,12). The van der Waals surface area contributed by atoms with Crippen molar-refractivity contribution < 1.29 is 18.3 Å². The molecule has 0 aliphatic rings. The van der Waals surface area contributed by atoms with Crippen LogP contribution in [0.25, 0.3) is 0 Å². The summed E-state index contributed by atoms with van der Waals surface area (Å²) in [5, 5.41) is 8.59. The second-order valence-corrected chi connectivity index (χ2v) is 5.28. The number of nitrogens with two attached hydrogens (primary N) is 1. The molecule has 3 N–H and O–H groups in total. The third kappa shape index (κ3) is 5.71. The minimum Gasteiger partial charge on any atom is -0.395 e. The fourth-order valence-electron chi connectivity index (χ4n) is 1.07. The molecule has 0 aromatic rings. The van der Waals surface area contributed by atoms with Crippen LogP contribution in [-0.2, 0) is 14.8 Å². The van der Waals surface area contributed by atoms with E-state index in [1.807, 2.05) is 6.92 Å². The predicted molar refractivity (Wildman–Crippen MR) is 56.5 cm³/mol. The number of sulfonamides is 1. The minimum absolute atomic E-state index is 0.266. The highest BCUT2D eigenvalue weighted by molar-refractivity contribution is 7.89. The van der Waals surface area contributed by atoms with Crippen molar-refractivity contribution in [1.82, 2.24) is 4.31 Å². The van der Waals surface area contributed by atoms with Gasteiger partial charge in [0, 0.05) is 6.54 Å². The fourth-order valence-corrected chi connectivity index (χ4v) is 2.29. The van der Waals surface area contributed by atoms with Gasteiger partial charge >= 0.3 is 0 Å². The number of rotatable bonds is 8. The van der Waals surface area contributed by atoms with Crippen LogP contribution in [0.1, 0.15) is 19.8 Å². The van der Waals surface area contributed by atoms with E-state index in [9.17, 15) is 13.2 Å². The van der Waals surface area contributed by atoms with Crippen LogP contribution in [0, 0.1) is 0 Å². The van der Waals surface area contributed by atoms with E-state index in [1.54, 1.807) is 0 Å². The largest absolute Gasteiger partial charge is 0.395 e. The summed E-state index contributed by atoms with van der Waals surface area (Å²) in [5.41, 5.74) is 4.95. The normalized spacial score (nSPS) is 11.9. The van der Waals surface area contributed by atoms with E-state index in [-0.39, 0.29) is 18.8 Å². The molecule has 0 aliphatic heterocycles. The molecule has 15 heavy (non-hydrogen) atoms. The van der Waals surface area contributed by atoms with Crippen LogP contribution < -0.4 is 5.73 Å². The van der Waals surface area contributed by atoms with Crippen molar-refractivity contribution in [3.8, 4) is 0 Å². The second-order valence-electron chi connectivity index (χ2n) is 3.19. The Kier molecular flexibility index (Phi) is 6.46. The van der Waals surface area contributed by atoms with Gasteiger partial charge in [0.2, 0.25) is 15.9 Å². The summed E-state index contributed by atoms with van der Waals surface area (Å²) in [7, 11) is -3.56. The van der Waals surface area contributed by atoms with Gasteiger partial charge in [-0.05, 0) is 6.42 Å². The summed E-state index contributed by atoms with van der Waals surface area (Å²) in [6.07, 6.45) is 1.49. The maximum atomic E-state index is 11.5. The zero-order valence-corrected chi connectivity index (χ0v) is 9.66. The second kappa shape index (κ2) is 6.76. The Balaban J connectivity index is 4.53. The van der Waals surface area contributed by atoms with E-state index in [2.05, 4.69) is 0 Å². The van der Waals surface area contributed by atoms with E-state index in [4.69, 9.17) is 10.8 Å². The lowest BCUT2D eigenvalue weighted by Crippen LogP contribution is -2.40. The van der Waals surface area contributed by atoms with Crippen LogP contribution >= 0.6 is 0 Å². The Bertz CT molecular complexity index is 289. The predicted octanol–water partition coefficient (Wildman–Crippen LogP) is -1.10. The van der Waals surface area contributed by atoms with Crippen molar-refractivity contribution in [1.29, 1.82) is 0 Å². The first kappa shape index (κ1) is 14.3. The molecule has 0 radical (unpaired) electrons. The average molecular weight is 238 g/mol. The van der Waals surface area contributed by atoms with Gasteiger partial charge in [0.15, 0.2) is 0 Å². The maximum absolute atomic E-state index is 11.5. The van der Waals surface area contributed by atoms with Crippen molar-refractivity contribution in [2.45, 2.75) is 19.8 Å². The highest BCUT2D eigenvalue weighted by Gasteiger charge is 2.22. The lowest BCUT2D eigenvalue weighted by molar-refractivity contribution is -0.118. The molecular formula is C8H18N2O4S. The fraction of sp³-hybridized carbons (Fsp3) is 0.875. The third-order valence-corrected chi connectivity index (χ3v) is 3.63. The van der Waals surface area contributed by atoms with Gasteiger partial charge in [0.25, 0.3) is 0 Å². The average Bonchev–Trinajstić information content (AvgIpc) is 2.11. The lowest BCUT2D eigenvalue weighted by Gasteiger charge is -2.19. The first-order valence-electron chi connectivity index (χ1n) is 4.81. The number of primary amides is 1. The molecule has 0 saturated heterocycles. The molecule has 0 spiro atoms. The van der Waals surface area contributed by atoms with Gasteiger partial charge in [-0.3, -0.25) is 4.79 Å². The number of amides is 1. The summed E-state index contributed by atoms with van der Waals surface area (Å²) in [6, 6.07) is 0. The molecule has 0 saturated carbocycles. The first-order chi connectivity index (χ1) is 6.94. The molecule has 7 heteroatoms. The summed E-state index contributed by atoms with van der Waals surface area (Å²) < 4.78 is 24.1. The Labute approximate surface area is 90.1 Å². The van der Waals surface area contributed by atoms with Crippen molar-refractivity contribution >= 4 is 15.9 Å². The van der Waals surface area contributed by atoms with Gasteiger partial charge < -0.3 is 10.8 Å². The summed E-state index contributed by atoms with van der Waals surface area (Å²) >= 11 is 0. The number of aliphatic hydroxyl groups is 1. The molecule has 0 bridgehead atoms. The monoisotopic (exact) mass is 238 g/mol. The van der Waals surface area contributed by atoms with Crippen LogP contribution in [-0.4, -0.2) is 49.2 Å². The van der Waals surface area contributed by atoms with Crippen LogP contribution in [0.4, 0.5) is 0 Å². The van der Waals surface area contributed by atoms with E-state index >= 15 is 0 Å². The van der Waals surface area contributed by atoms with Gasteiger partial charge in [-0.25, -0.2) is 8.42 Å². The number of hydrogen-bond donors (Lipinski definition) is 2. The molecule has 0 aromatic carbocycles. The SMILES string of the molecule is CCCCN(CC(N)=O)S(=O)(=O)CCO. The van der Waals surface area contributed by atoms with Crippen molar-refractivity contribution in [2.75, 3.05) is 25.4 Å². The Morgan fingerprint density at radius 3 is 2.47 bits per heavy atom. The Morgan fingerprint density at radius 2 is 2.07 bits per heavy atom. The molecule has 0 fully saturated rings. The van der Waals surface area contributed by atoms with Crippen molar-refractivity contribution in [2.24, 2.45) is 5.73 Å². The van der Waals surface area contributed by atoms with E-state index < -0.39 is 22.5 Å². The van der Waals surface area contributed by atoms with Gasteiger partial charge in [-0.1, -0.05) is 13.3 Å². The van der Waals surface area contributed by atoms with Gasteiger partial charge in [-0.15, -0.1) is 0 Å². The van der Waals surface area contributed by atoms with Crippen LogP contribution in [0.15, 0.2) is 0 Å². The number of hydrogen-bond acceptors (Lipinski definition) is 4. The smallest absolute Gasteiger partial charge is 0.232 e. The number of nitrogens with zero attached hydrogens (tertiary/aromatic N) is 1. The lowest BCUT2D eigenvalue weighted by atomic mass is 10.3. The third-order valence-electron chi connectivity index (χ3n) is 1.84. The van der Waals surface area contributed by atoms with E-state index in [1.165, 1.54) is 0 Å². The topological polar surface area (TPSA) is 101 Å². The van der Waals surface area contributed by atoms with Crippen LogP contribution in [0.3, 0.4) is 0 Å². The molecule has 6 nitrogen and oxygen atoms in total. The van der Waals surface area contributed by atoms with Crippen molar-refractivity contribution in [3.05, 3.63) is 0 Å². The molecule has 1 amide bonds. The van der Waals surface area contributed by atoms with E-state index in [0.717, 1.165) is 10.7 Å². The first-order valence-corrected chi connectivity index (χ1v) is 6.42. The highest BCUT2D eigenvalue weighted by atomic mass is 32.2. The number of carbonyl (C=O) groups excluding carboxylic acids is 1. The van der Waals surface area contributed by atoms with Gasteiger partial charge in [-0.2, -0.15) is 4.31 Å². The maximum Gasteiger partial charge on any atom is 0.232 e. The quantitative estimate of drug-likeness (QED) is 0.560. The molecule has 0 unspecified atom stereocenters. The zero-order valence-electron chi connectivity index (χ0n) is 8.85. The number of aliphatic hydroxyl groups excluding tert-OH is 1. The van der Waals surface area contributed by atoms with Crippen LogP contribution in [0.2, 0.25) is 0 Å². The summed E-state index contributed by atoms with van der Waals surface area (Å²) in [5.74, 6) is -1.06. The van der Waals surface area contributed by atoms with Crippen molar-refractivity contribution in [3.63, 3.8) is 0 Å². The highest BCUT2D eigenvalue weighted by Crippen LogP contribution is 2.03. The van der Waals surface area contributed by atoms with Gasteiger partial charge in [0.1, 0.15) is 0 Å². The summed E-state index contributed by atoms with van der Waals surface area (Å²) in [6.45, 7) is 1.41. The molecular weight excluding hydrogens is 220 g/mol. The number of carbonyl (C=O) groups is 1. The molecule has 90 valence electrons. The summed E-state index contributed by atoms with van der Waals surface area (Å²) in [4.78, 5) is 10.7. The minimum atomic E-state index is -3.56. The van der Waals surface area contributed by atoms with Crippen LogP contribution in [0.5, 0.6) is 0 Å².